The van der Waals surface area contributed by atoms with Gasteiger partial charge in [-0.25, -0.2) is 4.39 Å². The van der Waals surface area contributed by atoms with Gasteiger partial charge < -0.3 is 5.32 Å². The maximum atomic E-state index is 13.2. The van der Waals surface area contributed by atoms with Crippen LogP contribution in [0.5, 0.6) is 0 Å². The van der Waals surface area contributed by atoms with Gasteiger partial charge in [-0.2, -0.15) is 0 Å². The first kappa shape index (κ1) is 12.4. The van der Waals surface area contributed by atoms with Crippen molar-refractivity contribution in [3.8, 4) is 0 Å². The van der Waals surface area contributed by atoms with Gasteiger partial charge in [0.2, 0.25) is 5.91 Å². The lowest BCUT2D eigenvalue weighted by atomic mass is 10.1. The Kier molecular flexibility index (Phi) is 2.83. The van der Waals surface area contributed by atoms with Crippen molar-refractivity contribution >= 4 is 5.91 Å². The minimum Gasteiger partial charge on any atom is -0.353 e. The van der Waals surface area contributed by atoms with Crippen LogP contribution in [0.2, 0.25) is 0 Å². The molecule has 3 saturated carbocycles. The number of hydrogen-bond donors (Lipinski definition) is 1. The lowest BCUT2D eigenvalue weighted by Gasteiger charge is -2.17. The largest absolute Gasteiger partial charge is 0.353 e. The minimum atomic E-state index is -0.206. The summed E-state index contributed by atoms with van der Waals surface area (Å²) in [4.78, 5) is 12.3. The number of carbonyl (C=O) groups is 1. The Morgan fingerprint density at radius 3 is 2.50 bits per heavy atom. The van der Waals surface area contributed by atoms with Crippen LogP contribution < -0.4 is 5.32 Å². The van der Waals surface area contributed by atoms with Crippen molar-refractivity contribution in [2.24, 2.45) is 17.8 Å². The molecule has 2 atom stereocenters. The second kappa shape index (κ2) is 4.57. The van der Waals surface area contributed by atoms with Crippen LogP contribution in [0.4, 0.5) is 4.39 Å². The summed E-state index contributed by atoms with van der Waals surface area (Å²) in [6.07, 6.45) is 5.98. The second-order valence-corrected chi connectivity index (χ2v) is 6.71. The highest BCUT2D eigenvalue weighted by molar-refractivity contribution is 5.83. The number of hydrogen-bond acceptors (Lipinski definition) is 1. The molecule has 3 aliphatic rings. The fourth-order valence-electron chi connectivity index (χ4n) is 3.39. The summed E-state index contributed by atoms with van der Waals surface area (Å²) >= 11 is 0. The number of nitrogens with one attached hydrogen (secondary N) is 1. The first-order chi connectivity index (χ1) is 9.72. The zero-order valence-electron chi connectivity index (χ0n) is 11.5. The van der Waals surface area contributed by atoms with E-state index in [1.54, 1.807) is 12.1 Å². The number of rotatable bonds is 5. The molecule has 20 heavy (non-hydrogen) atoms. The molecule has 1 aromatic rings. The Balaban J connectivity index is 1.38. The van der Waals surface area contributed by atoms with E-state index in [9.17, 15) is 9.18 Å². The van der Waals surface area contributed by atoms with Crippen LogP contribution in [-0.4, -0.2) is 11.9 Å². The molecule has 106 valence electrons. The lowest BCUT2D eigenvalue weighted by molar-refractivity contribution is -0.123. The number of halogens is 1. The van der Waals surface area contributed by atoms with Crippen LogP contribution in [0, 0.1) is 23.6 Å². The normalized spacial score (nSPS) is 28.5. The predicted molar refractivity (Wildman–Crippen MR) is 74.6 cm³/mol. The SMILES string of the molecule is O=C(NC(C1CC1)C1CC1)[C@@H]1C[C@H]1c1cccc(F)c1. The van der Waals surface area contributed by atoms with Gasteiger partial charge >= 0.3 is 0 Å². The van der Waals surface area contributed by atoms with E-state index in [1.807, 2.05) is 6.07 Å². The fraction of sp³-hybridized carbons (Fsp3) is 0.588. The Morgan fingerprint density at radius 2 is 1.90 bits per heavy atom. The average Bonchev–Trinajstić information content (AvgIpc) is 3.26. The molecule has 0 radical (unpaired) electrons. The van der Waals surface area contributed by atoms with E-state index in [-0.39, 0.29) is 23.6 Å². The topological polar surface area (TPSA) is 29.1 Å². The molecular formula is C17H20FNO. The van der Waals surface area contributed by atoms with Gasteiger partial charge in [0.25, 0.3) is 0 Å². The summed E-state index contributed by atoms with van der Waals surface area (Å²) in [7, 11) is 0. The third-order valence-electron chi connectivity index (χ3n) is 4.97. The summed E-state index contributed by atoms with van der Waals surface area (Å²) in [5, 5.41) is 3.28. The van der Waals surface area contributed by atoms with Crippen LogP contribution in [0.15, 0.2) is 24.3 Å². The van der Waals surface area contributed by atoms with E-state index in [2.05, 4.69) is 5.32 Å². The molecule has 3 aliphatic carbocycles. The second-order valence-electron chi connectivity index (χ2n) is 6.71. The molecule has 1 amide bonds. The molecular weight excluding hydrogens is 253 g/mol. The standard InChI is InChI=1S/C17H20FNO/c18-13-3-1-2-12(8-13)14-9-15(14)17(20)19-16(10-4-5-10)11-6-7-11/h1-3,8,10-11,14-16H,4-7,9H2,(H,19,20)/t14-,15+/m0/s1. The molecule has 2 nitrogen and oxygen atoms in total. The van der Waals surface area contributed by atoms with Gasteiger partial charge in [-0.05, 0) is 67.6 Å². The van der Waals surface area contributed by atoms with E-state index in [0.29, 0.717) is 6.04 Å². The summed E-state index contributed by atoms with van der Waals surface area (Å²) in [5.74, 6) is 1.75. The molecule has 0 saturated heterocycles. The molecule has 3 fully saturated rings. The zero-order chi connectivity index (χ0) is 13.7. The van der Waals surface area contributed by atoms with E-state index in [4.69, 9.17) is 0 Å². The zero-order valence-corrected chi connectivity index (χ0v) is 11.5. The Bertz CT molecular complexity index is 524. The molecule has 3 heteroatoms. The highest BCUT2D eigenvalue weighted by Gasteiger charge is 2.48. The first-order valence-electron chi connectivity index (χ1n) is 7.78. The van der Waals surface area contributed by atoms with Gasteiger partial charge in [0.1, 0.15) is 5.82 Å². The van der Waals surface area contributed by atoms with E-state index >= 15 is 0 Å². The van der Waals surface area contributed by atoms with Crippen molar-refractivity contribution in [1.29, 1.82) is 0 Å². The van der Waals surface area contributed by atoms with Gasteiger partial charge in [0.05, 0.1) is 0 Å². The third-order valence-corrected chi connectivity index (χ3v) is 4.97. The van der Waals surface area contributed by atoms with Crippen LogP contribution in [0.1, 0.15) is 43.6 Å². The van der Waals surface area contributed by atoms with Crippen molar-refractivity contribution in [3.63, 3.8) is 0 Å². The molecule has 0 heterocycles. The van der Waals surface area contributed by atoms with Crippen molar-refractivity contribution in [2.75, 3.05) is 0 Å². The Labute approximate surface area is 118 Å². The minimum absolute atomic E-state index is 0.0665. The van der Waals surface area contributed by atoms with Gasteiger partial charge in [-0.3, -0.25) is 4.79 Å². The molecule has 0 bridgehead atoms. The van der Waals surface area contributed by atoms with Gasteiger partial charge in [-0.15, -0.1) is 0 Å². The maximum absolute atomic E-state index is 13.2. The van der Waals surface area contributed by atoms with E-state index in [0.717, 1.165) is 23.8 Å². The fourth-order valence-corrected chi connectivity index (χ4v) is 3.39. The summed E-state index contributed by atoms with van der Waals surface area (Å²) in [6.45, 7) is 0. The van der Waals surface area contributed by atoms with Gasteiger partial charge in [-0.1, -0.05) is 12.1 Å². The van der Waals surface area contributed by atoms with Gasteiger partial charge in [0, 0.05) is 12.0 Å². The summed E-state index contributed by atoms with van der Waals surface area (Å²) in [6, 6.07) is 7.11. The van der Waals surface area contributed by atoms with Gasteiger partial charge in [0.15, 0.2) is 0 Å². The first-order valence-corrected chi connectivity index (χ1v) is 7.78. The molecule has 0 aliphatic heterocycles. The van der Waals surface area contributed by atoms with Crippen LogP contribution in [-0.2, 0) is 4.79 Å². The van der Waals surface area contributed by atoms with Crippen LogP contribution >= 0.6 is 0 Å². The average molecular weight is 273 g/mol. The van der Waals surface area contributed by atoms with E-state index in [1.165, 1.54) is 31.7 Å². The number of amides is 1. The molecule has 4 rings (SSSR count). The maximum Gasteiger partial charge on any atom is 0.223 e. The highest BCUT2D eigenvalue weighted by Crippen LogP contribution is 2.49. The predicted octanol–water partition coefficient (Wildman–Crippen LogP) is 3.23. The quantitative estimate of drug-likeness (QED) is 0.876. The molecule has 1 N–H and O–H groups in total. The van der Waals surface area contributed by atoms with Crippen molar-refractivity contribution in [3.05, 3.63) is 35.6 Å². The Morgan fingerprint density at radius 1 is 1.20 bits per heavy atom. The summed E-state index contributed by atoms with van der Waals surface area (Å²) < 4.78 is 13.2. The monoisotopic (exact) mass is 273 g/mol. The molecule has 0 aromatic heterocycles. The molecule has 0 spiro atoms. The lowest BCUT2D eigenvalue weighted by Crippen LogP contribution is -2.39. The smallest absolute Gasteiger partial charge is 0.223 e. The van der Waals surface area contributed by atoms with Crippen molar-refractivity contribution < 1.29 is 9.18 Å². The molecule has 0 unspecified atom stereocenters. The van der Waals surface area contributed by atoms with Crippen LogP contribution in [0.25, 0.3) is 0 Å². The third kappa shape index (κ3) is 2.46. The van der Waals surface area contributed by atoms with Crippen molar-refractivity contribution in [1.82, 2.24) is 5.32 Å². The van der Waals surface area contributed by atoms with Crippen molar-refractivity contribution in [2.45, 2.75) is 44.1 Å². The molecule has 1 aromatic carbocycles. The van der Waals surface area contributed by atoms with E-state index < -0.39 is 0 Å². The van der Waals surface area contributed by atoms with Crippen LogP contribution in [0.3, 0.4) is 0 Å². The Hall–Kier alpha value is -1.38. The number of carbonyl (C=O) groups excluding carboxylic acids is 1. The highest BCUT2D eigenvalue weighted by atomic mass is 19.1. The number of benzene rings is 1. The summed E-state index contributed by atoms with van der Waals surface area (Å²) in [5.41, 5.74) is 0.972.